The number of nitrogens with one attached hydrogen (secondary N) is 1. The number of rotatable bonds is 4. The zero-order valence-electron chi connectivity index (χ0n) is 10.1. The van der Waals surface area contributed by atoms with Gasteiger partial charge in [0.2, 0.25) is 5.91 Å². The lowest BCUT2D eigenvalue weighted by molar-refractivity contribution is -0.122. The van der Waals surface area contributed by atoms with Crippen molar-refractivity contribution in [3.63, 3.8) is 0 Å². The summed E-state index contributed by atoms with van der Waals surface area (Å²) >= 11 is 0. The van der Waals surface area contributed by atoms with Crippen molar-refractivity contribution < 1.29 is 9.90 Å². The van der Waals surface area contributed by atoms with Gasteiger partial charge in [0.15, 0.2) is 0 Å². The van der Waals surface area contributed by atoms with E-state index in [0.717, 1.165) is 18.5 Å². The highest BCUT2D eigenvalue weighted by Crippen LogP contribution is 2.17. The molecule has 0 radical (unpaired) electrons. The van der Waals surface area contributed by atoms with Crippen molar-refractivity contribution in [3.8, 4) is 0 Å². The lowest BCUT2D eigenvalue weighted by atomic mass is 9.95. The minimum Gasteiger partial charge on any atom is -0.390 e. The van der Waals surface area contributed by atoms with Gasteiger partial charge >= 0.3 is 0 Å². The summed E-state index contributed by atoms with van der Waals surface area (Å²) in [7, 11) is 0. The first-order chi connectivity index (χ1) is 8.29. The second kappa shape index (κ2) is 5.87. The molecule has 1 aliphatic carbocycles. The van der Waals surface area contributed by atoms with Gasteiger partial charge in [0, 0.05) is 17.9 Å². The molecule has 0 aliphatic heterocycles. The van der Waals surface area contributed by atoms with Gasteiger partial charge in [0.25, 0.3) is 0 Å². The minimum atomic E-state index is -0.0241. The van der Waals surface area contributed by atoms with Gasteiger partial charge in [-0.3, -0.25) is 4.79 Å². The smallest absolute Gasteiger partial charge is 0.240 e. The maximum absolute atomic E-state index is 11.8. The molecule has 0 spiro atoms. The van der Waals surface area contributed by atoms with Gasteiger partial charge < -0.3 is 15.0 Å². The third-order valence-corrected chi connectivity index (χ3v) is 3.37. The molecule has 4 heteroatoms. The molecule has 1 heterocycles. The zero-order chi connectivity index (χ0) is 12.1. The standard InChI is InChI=1S/C13H20N2O2/c16-10-12-7-4-8-15(12)9-13(17)14-11-5-2-1-3-6-11/h4,7-8,11,16H,1-3,5-6,9-10H2,(H,14,17). The summed E-state index contributed by atoms with van der Waals surface area (Å²) in [5.41, 5.74) is 0.781. The molecule has 1 aliphatic rings. The van der Waals surface area contributed by atoms with E-state index in [1.807, 2.05) is 18.3 Å². The molecule has 0 unspecified atom stereocenters. The van der Waals surface area contributed by atoms with Gasteiger partial charge in [-0.05, 0) is 25.0 Å². The SMILES string of the molecule is O=C(Cn1cccc1CO)NC1CCCCC1. The Hall–Kier alpha value is -1.29. The lowest BCUT2D eigenvalue weighted by Gasteiger charge is -2.23. The van der Waals surface area contributed by atoms with Gasteiger partial charge in [-0.25, -0.2) is 0 Å². The highest BCUT2D eigenvalue weighted by atomic mass is 16.3. The second-order valence-corrected chi connectivity index (χ2v) is 4.69. The molecule has 0 saturated heterocycles. The van der Waals surface area contributed by atoms with E-state index in [1.165, 1.54) is 19.3 Å². The highest BCUT2D eigenvalue weighted by molar-refractivity contribution is 5.76. The molecule has 1 aromatic heterocycles. The monoisotopic (exact) mass is 236 g/mol. The fourth-order valence-electron chi connectivity index (χ4n) is 2.42. The quantitative estimate of drug-likeness (QED) is 0.831. The number of amides is 1. The first-order valence-corrected chi connectivity index (χ1v) is 6.34. The summed E-state index contributed by atoms with van der Waals surface area (Å²) in [6.45, 7) is 0.281. The molecule has 1 fully saturated rings. The molecule has 1 amide bonds. The molecular weight excluding hydrogens is 216 g/mol. The first kappa shape index (κ1) is 12.2. The Morgan fingerprint density at radius 3 is 2.88 bits per heavy atom. The van der Waals surface area contributed by atoms with Crippen LogP contribution in [-0.4, -0.2) is 21.6 Å². The van der Waals surface area contributed by atoms with Crippen LogP contribution in [0.4, 0.5) is 0 Å². The van der Waals surface area contributed by atoms with Crippen LogP contribution < -0.4 is 5.32 Å². The number of aliphatic hydroxyl groups is 1. The molecule has 17 heavy (non-hydrogen) atoms. The highest BCUT2D eigenvalue weighted by Gasteiger charge is 2.15. The average molecular weight is 236 g/mol. The van der Waals surface area contributed by atoms with Crippen molar-refractivity contribution in [2.24, 2.45) is 0 Å². The number of hydrogen-bond acceptors (Lipinski definition) is 2. The van der Waals surface area contributed by atoms with E-state index in [2.05, 4.69) is 5.32 Å². The van der Waals surface area contributed by atoms with Gasteiger partial charge in [-0.1, -0.05) is 19.3 Å². The Balaban J connectivity index is 1.84. The molecule has 1 saturated carbocycles. The Morgan fingerprint density at radius 1 is 1.41 bits per heavy atom. The fourth-order valence-corrected chi connectivity index (χ4v) is 2.42. The van der Waals surface area contributed by atoms with Crippen LogP contribution in [0.15, 0.2) is 18.3 Å². The second-order valence-electron chi connectivity index (χ2n) is 4.69. The zero-order valence-corrected chi connectivity index (χ0v) is 10.1. The van der Waals surface area contributed by atoms with Crippen molar-refractivity contribution in [2.75, 3.05) is 0 Å². The number of carbonyl (C=O) groups excluding carboxylic acids is 1. The summed E-state index contributed by atoms with van der Waals surface area (Å²) in [6.07, 6.45) is 7.76. The molecule has 0 aromatic carbocycles. The normalized spacial score (nSPS) is 17.0. The lowest BCUT2D eigenvalue weighted by Crippen LogP contribution is -2.38. The maximum atomic E-state index is 11.8. The van der Waals surface area contributed by atoms with Crippen LogP contribution in [0.5, 0.6) is 0 Å². The van der Waals surface area contributed by atoms with Crippen LogP contribution in [0.1, 0.15) is 37.8 Å². The van der Waals surface area contributed by atoms with Crippen LogP contribution in [0.25, 0.3) is 0 Å². The molecule has 0 atom stereocenters. The molecule has 2 rings (SSSR count). The molecule has 94 valence electrons. The van der Waals surface area contributed by atoms with Crippen molar-refractivity contribution >= 4 is 5.91 Å². The summed E-state index contributed by atoms with van der Waals surface area (Å²) in [6, 6.07) is 4.03. The van der Waals surface area contributed by atoms with Crippen molar-refractivity contribution in [3.05, 3.63) is 24.0 Å². The maximum Gasteiger partial charge on any atom is 0.240 e. The predicted octanol–water partition coefficient (Wildman–Crippen LogP) is 1.43. The van der Waals surface area contributed by atoms with Gasteiger partial charge in [0.05, 0.1) is 6.61 Å². The third-order valence-electron chi connectivity index (χ3n) is 3.37. The van der Waals surface area contributed by atoms with E-state index < -0.39 is 0 Å². The van der Waals surface area contributed by atoms with Gasteiger partial charge in [-0.2, -0.15) is 0 Å². The molecular formula is C13H20N2O2. The van der Waals surface area contributed by atoms with E-state index in [4.69, 9.17) is 5.11 Å². The van der Waals surface area contributed by atoms with E-state index in [-0.39, 0.29) is 12.5 Å². The minimum absolute atomic E-state index is 0.0241. The van der Waals surface area contributed by atoms with Crippen LogP contribution in [0.3, 0.4) is 0 Å². The summed E-state index contributed by atoms with van der Waals surface area (Å²) < 4.78 is 1.79. The largest absolute Gasteiger partial charge is 0.390 e. The number of hydrogen-bond donors (Lipinski definition) is 2. The first-order valence-electron chi connectivity index (χ1n) is 6.34. The van der Waals surface area contributed by atoms with E-state index in [9.17, 15) is 4.79 Å². The number of aliphatic hydroxyl groups excluding tert-OH is 1. The fraction of sp³-hybridized carbons (Fsp3) is 0.615. The topological polar surface area (TPSA) is 54.3 Å². The van der Waals surface area contributed by atoms with Crippen LogP contribution >= 0.6 is 0 Å². The predicted molar refractivity (Wildman–Crippen MR) is 65.4 cm³/mol. The Labute approximate surface area is 102 Å². The molecule has 1 aromatic rings. The average Bonchev–Trinajstić information content (AvgIpc) is 2.77. The van der Waals surface area contributed by atoms with Crippen molar-refractivity contribution in [1.29, 1.82) is 0 Å². The van der Waals surface area contributed by atoms with Crippen molar-refractivity contribution in [2.45, 2.75) is 51.3 Å². The number of carbonyl (C=O) groups is 1. The summed E-state index contributed by atoms with van der Waals surface area (Å²) in [4.78, 5) is 11.8. The summed E-state index contributed by atoms with van der Waals surface area (Å²) in [5, 5.41) is 12.2. The van der Waals surface area contributed by atoms with E-state index in [0.29, 0.717) is 12.6 Å². The molecule has 2 N–H and O–H groups in total. The van der Waals surface area contributed by atoms with Crippen molar-refractivity contribution in [1.82, 2.24) is 9.88 Å². The van der Waals surface area contributed by atoms with Crippen LogP contribution in [0.2, 0.25) is 0 Å². The van der Waals surface area contributed by atoms with E-state index >= 15 is 0 Å². The number of aromatic nitrogens is 1. The van der Waals surface area contributed by atoms with Crippen LogP contribution in [-0.2, 0) is 17.9 Å². The third kappa shape index (κ3) is 3.33. The Bertz CT molecular complexity index is 367. The number of nitrogens with zero attached hydrogens (tertiary/aromatic N) is 1. The Morgan fingerprint density at radius 2 is 2.18 bits per heavy atom. The van der Waals surface area contributed by atoms with Gasteiger partial charge in [0.1, 0.15) is 6.54 Å². The van der Waals surface area contributed by atoms with Crippen LogP contribution in [0, 0.1) is 0 Å². The van der Waals surface area contributed by atoms with Gasteiger partial charge in [-0.15, -0.1) is 0 Å². The molecule has 4 nitrogen and oxygen atoms in total. The van der Waals surface area contributed by atoms with E-state index in [1.54, 1.807) is 4.57 Å². The summed E-state index contributed by atoms with van der Waals surface area (Å²) in [5.74, 6) is 0.0443. The molecule has 0 bridgehead atoms. The Kier molecular flexibility index (Phi) is 4.20.